The van der Waals surface area contributed by atoms with E-state index in [-0.39, 0.29) is 5.91 Å². The van der Waals surface area contributed by atoms with Gasteiger partial charge in [0.05, 0.1) is 18.3 Å². The summed E-state index contributed by atoms with van der Waals surface area (Å²) in [7, 11) is 1.84. The predicted molar refractivity (Wildman–Crippen MR) is 105 cm³/mol. The summed E-state index contributed by atoms with van der Waals surface area (Å²) >= 11 is 5.96. The van der Waals surface area contributed by atoms with E-state index in [0.717, 1.165) is 22.0 Å². The Morgan fingerprint density at radius 2 is 1.89 bits per heavy atom. The van der Waals surface area contributed by atoms with Crippen molar-refractivity contribution in [1.29, 1.82) is 0 Å². The van der Waals surface area contributed by atoms with E-state index in [2.05, 4.69) is 15.5 Å². The summed E-state index contributed by atoms with van der Waals surface area (Å²) in [4.78, 5) is 12.7. The lowest BCUT2D eigenvalue weighted by Gasteiger charge is -2.04. The van der Waals surface area contributed by atoms with Crippen LogP contribution in [-0.2, 0) is 20.1 Å². The molecule has 7 heteroatoms. The highest BCUT2D eigenvalue weighted by atomic mass is 35.5. The molecule has 0 unspecified atom stereocenters. The molecule has 1 amide bonds. The fourth-order valence-electron chi connectivity index (χ4n) is 3.01. The van der Waals surface area contributed by atoms with Crippen molar-refractivity contribution >= 4 is 28.4 Å². The lowest BCUT2D eigenvalue weighted by atomic mass is 10.2. The molecule has 2 heterocycles. The lowest BCUT2D eigenvalue weighted by Crippen LogP contribution is -2.23. The number of rotatable bonds is 5. The lowest BCUT2D eigenvalue weighted by molar-refractivity contribution is 0.0946. The molecule has 1 N–H and O–H groups in total. The number of para-hydroxylation sites is 1. The number of halogens is 1. The summed E-state index contributed by atoms with van der Waals surface area (Å²) in [5.41, 5.74) is 3.34. The van der Waals surface area contributed by atoms with Gasteiger partial charge in [-0.15, -0.1) is 0 Å². The Bertz CT molecular complexity index is 1100. The van der Waals surface area contributed by atoms with E-state index >= 15 is 0 Å². The number of hydrogen-bond acceptors (Lipinski definition) is 3. The topological polar surface area (TPSA) is 64.7 Å². The number of aryl methyl sites for hydroxylation is 1. The quantitative estimate of drug-likeness (QED) is 0.578. The second kappa shape index (κ2) is 7.25. The zero-order valence-electron chi connectivity index (χ0n) is 14.8. The summed E-state index contributed by atoms with van der Waals surface area (Å²) in [5, 5.41) is 13.1. The number of benzene rings is 2. The Morgan fingerprint density at radius 1 is 1.11 bits per heavy atom. The van der Waals surface area contributed by atoms with Gasteiger partial charge in [0, 0.05) is 35.8 Å². The molecule has 0 saturated carbocycles. The van der Waals surface area contributed by atoms with E-state index in [4.69, 9.17) is 11.6 Å². The van der Waals surface area contributed by atoms with Crippen molar-refractivity contribution in [2.24, 2.45) is 7.05 Å². The van der Waals surface area contributed by atoms with Crippen molar-refractivity contribution in [1.82, 2.24) is 24.9 Å². The van der Waals surface area contributed by atoms with Crippen LogP contribution in [0.25, 0.3) is 10.9 Å². The van der Waals surface area contributed by atoms with Crippen molar-refractivity contribution < 1.29 is 4.79 Å². The normalized spacial score (nSPS) is 11.0. The molecule has 0 radical (unpaired) electrons. The van der Waals surface area contributed by atoms with Crippen molar-refractivity contribution in [3.8, 4) is 0 Å². The molecular weight excluding hydrogens is 362 g/mol. The zero-order valence-corrected chi connectivity index (χ0v) is 15.5. The molecule has 0 aliphatic rings. The average Bonchev–Trinajstić information content (AvgIpc) is 3.26. The predicted octanol–water partition coefficient (Wildman–Crippen LogP) is 3.40. The third-order valence-electron chi connectivity index (χ3n) is 4.33. The molecule has 0 fully saturated rings. The van der Waals surface area contributed by atoms with Crippen LogP contribution >= 0.6 is 11.6 Å². The number of carbonyl (C=O) groups is 1. The minimum Gasteiger partial charge on any atom is -0.346 e. The molecule has 0 bridgehead atoms. The minimum absolute atomic E-state index is 0.204. The highest BCUT2D eigenvalue weighted by Crippen LogP contribution is 2.20. The Morgan fingerprint density at radius 3 is 2.63 bits per heavy atom. The number of amides is 1. The zero-order chi connectivity index (χ0) is 18.8. The number of aromatic nitrogens is 4. The summed E-state index contributed by atoms with van der Waals surface area (Å²) in [6.07, 6.45) is 3.61. The van der Waals surface area contributed by atoms with E-state index in [0.29, 0.717) is 23.8 Å². The van der Waals surface area contributed by atoms with E-state index in [1.807, 2.05) is 66.5 Å². The van der Waals surface area contributed by atoms with Crippen LogP contribution in [0.4, 0.5) is 0 Å². The molecule has 4 rings (SSSR count). The van der Waals surface area contributed by atoms with Crippen LogP contribution in [0.3, 0.4) is 0 Å². The van der Waals surface area contributed by atoms with E-state index in [1.54, 1.807) is 10.9 Å². The van der Waals surface area contributed by atoms with Gasteiger partial charge in [-0.2, -0.15) is 10.2 Å². The van der Waals surface area contributed by atoms with Crippen LogP contribution in [0.15, 0.2) is 60.9 Å². The van der Waals surface area contributed by atoms with Gasteiger partial charge >= 0.3 is 0 Å². The fraction of sp³-hybridized carbons (Fsp3) is 0.150. The van der Waals surface area contributed by atoms with Crippen LogP contribution in [0.2, 0.25) is 5.02 Å². The van der Waals surface area contributed by atoms with Gasteiger partial charge in [0.2, 0.25) is 0 Å². The molecule has 0 aliphatic heterocycles. The van der Waals surface area contributed by atoms with Gasteiger partial charge < -0.3 is 5.32 Å². The first-order valence-electron chi connectivity index (χ1n) is 8.56. The van der Waals surface area contributed by atoms with Gasteiger partial charge in [0.25, 0.3) is 5.91 Å². The minimum atomic E-state index is -0.204. The Hall–Kier alpha value is -3.12. The first-order valence-corrected chi connectivity index (χ1v) is 8.93. The maximum absolute atomic E-state index is 12.7. The molecule has 4 aromatic rings. The largest absolute Gasteiger partial charge is 0.346 e. The van der Waals surface area contributed by atoms with E-state index in [1.165, 1.54) is 0 Å². The fourth-order valence-corrected chi connectivity index (χ4v) is 3.13. The number of nitrogens with zero attached hydrogens (tertiary/aromatic N) is 4. The molecule has 2 aromatic heterocycles. The molecule has 0 saturated heterocycles. The summed E-state index contributed by atoms with van der Waals surface area (Å²) in [5.74, 6) is -0.204. The van der Waals surface area contributed by atoms with Crippen LogP contribution in [0.1, 0.15) is 21.6 Å². The van der Waals surface area contributed by atoms with Crippen molar-refractivity contribution in [2.75, 3.05) is 0 Å². The van der Waals surface area contributed by atoms with Crippen molar-refractivity contribution in [3.63, 3.8) is 0 Å². The molecule has 136 valence electrons. The number of carbonyl (C=O) groups excluding carboxylic acids is 1. The highest BCUT2D eigenvalue weighted by Gasteiger charge is 2.17. The smallest absolute Gasteiger partial charge is 0.272 e. The first kappa shape index (κ1) is 17.3. The van der Waals surface area contributed by atoms with Crippen LogP contribution in [-0.4, -0.2) is 25.5 Å². The average molecular weight is 380 g/mol. The third-order valence-corrected chi connectivity index (χ3v) is 4.58. The Kier molecular flexibility index (Phi) is 4.64. The second-order valence-corrected chi connectivity index (χ2v) is 6.79. The molecule has 0 spiro atoms. The first-order chi connectivity index (χ1) is 13.1. The highest BCUT2D eigenvalue weighted by molar-refractivity contribution is 6.30. The van der Waals surface area contributed by atoms with Gasteiger partial charge in [0.1, 0.15) is 0 Å². The SMILES string of the molecule is Cn1cc(CNC(=O)c2nn(Cc3ccc(Cl)cc3)c3ccccc23)cn1. The van der Waals surface area contributed by atoms with Gasteiger partial charge in [-0.25, -0.2) is 0 Å². The molecule has 27 heavy (non-hydrogen) atoms. The van der Waals surface area contributed by atoms with Gasteiger partial charge in [-0.05, 0) is 23.8 Å². The number of fused-ring (bicyclic) bond motifs is 1. The Balaban J connectivity index is 1.60. The van der Waals surface area contributed by atoms with Crippen molar-refractivity contribution in [2.45, 2.75) is 13.1 Å². The maximum atomic E-state index is 12.7. The maximum Gasteiger partial charge on any atom is 0.272 e. The molecule has 0 atom stereocenters. The molecule has 2 aromatic carbocycles. The van der Waals surface area contributed by atoms with Crippen molar-refractivity contribution in [3.05, 3.63) is 82.8 Å². The second-order valence-electron chi connectivity index (χ2n) is 6.35. The third kappa shape index (κ3) is 3.71. The molecular formula is C20H18ClN5O. The summed E-state index contributed by atoms with van der Waals surface area (Å²) in [6, 6.07) is 15.4. The summed E-state index contributed by atoms with van der Waals surface area (Å²) < 4.78 is 3.55. The van der Waals surface area contributed by atoms with E-state index < -0.39 is 0 Å². The van der Waals surface area contributed by atoms with Gasteiger partial charge in [-0.1, -0.05) is 41.9 Å². The molecule has 6 nitrogen and oxygen atoms in total. The Labute approximate surface area is 161 Å². The number of hydrogen-bond donors (Lipinski definition) is 1. The van der Waals surface area contributed by atoms with Crippen LogP contribution < -0.4 is 5.32 Å². The standard InChI is InChI=1S/C20H18ClN5O/c1-25-12-15(11-23-25)10-22-20(27)19-17-4-2-3-5-18(17)26(24-19)13-14-6-8-16(21)9-7-14/h2-9,11-12H,10,13H2,1H3,(H,22,27). The van der Waals surface area contributed by atoms with E-state index in [9.17, 15) is 4.79 Å². The summed E-state index contributed by atoms with van der Waals surface area (Å²) in [6.45, 7) is 0.971. The van der Waals surface area contributed by atoms with Crippen LogP contribution in [0.5, 0.6) is 0 Å². The molecule has 0 aliphatic carbocycles. The van der Waals surface area contributed by atoms with Gasteiger partial charge in [-0.3, -0.25) is 14.2 Å². The van der Waals surface area contributed by atoms with Gasteiger partial charge in [0.15, 0.2) is 5.69 Å². The monoisotopic (exact) mass is 379 g/mol. The number of nitrogens with one attached hydrogen (secondary N) is 1. The van der Waals surface area contributed by atoms with Crippen LogP contribution in [0, 0.1) is 0 Å².